The summed E-state index contributed by atoms with van der Waals surface area (Å²) in [6, 6.07) is 1.65. The van der Waals surface area contributed by atoms with Gasteiger partial charge in [-0.3, -0.25) is 4.79 Å². The maximum absolute atomic E-state index is 12.4. The quantitative estimate of drug-likeness (QED) is 0.899. The summed E-state index contributed by atoms with van der Waals surface area (Å²) in [7, 11) is 0. The number of alkyl halides is 3. The molecule has 0 spiro atoms. The Morgan fingerprint density at radius 1 is 1.48 bits per heavy atom. The van der Waals surface area contributed by atoms with E-state index in [1.165, 1.54) is 11.2 Å². The van der Waals surface area contributed by atoms with Crippen LogP contribution in [-0.2, 0) is 12.8 Å². The first-order valence-electron chi connectivity index (χ1n) is 7.35. The molecular weight excluding hydrogens is 343 g/mol. The first-order chi connectivity index (χ1) is 11.8. The van der Waals surface area contributed by atoms with E-state index in [-0.39, 0.29) is 42.4 Å². The Balaban J connectivity index is 1.58. The molecule has 1 N–H and O–H groups in total. The van der Waals surface area contributed by atoms with Crippen molar-refractivity contribution < 1.29 is 32.2 Å². The zero-order valence-electron chi connectivity index (χ0n) is 13.0. The molecule has 0 aromatic carbocycles. The van der Waals surface area contributed by atoms with Crippen LogP contribution in [-0.4, -0.2) is 44.6 Å². The van der Waals surface area contributed by atoms with Crippen molar-refractivity contribution >= 4 is 5.91 Å². The van der Waals surface area contributed by atoms with Gasteiger partial charge in [0.2, 0.25) is 5.89 Å². The van der Waals surface area contributed by atoms with Gasteiger partial charge in [-0.1, -0.05) is 0 Å². The number of aliphatic hydroxyl groups is 1. The number of β-amino-alcohol motifs (C(OH)–C–C–N with tert-alkyl or cyclic N) is 1. The summed E-state index contributed by atoms with van der Waals surface area (Å²) in [5, 5.41) is 9.43. The van der Waals surface area contributed by atoms with Crippen LogP contribution in [0.2, 0.25) is 0 Å². The average molecular weight is 357 g/mol. The molecule has 0 bridgehead atoms. The van der Waals surface area contributed by atoms with Crippen molar-refractivity contribution in [2.45, 2.75) is 31.9 Å². The second-order valence-corrected chi connectivity index (χ2v) is 5.56. The number of hydrogen-bond acceptors (Lipinski definition) is 6. The van der Waals surface area contributed by atoms with Gasteiger partial charge in [-0.05, 0) is 19.1 Å². The zero-order chi connectivity index (χ0) is 18.2. The van der Waals surface area contributed by atoms with E-state index in [1.54, 1.807) is 6.92 Å². The van der Waals surface area contributed by atoms with E-state index in [2.05, 4.69) is 9.97 Å². The van der Waals surface area contributed by atoms with Gasteiger partial charge in [-0.2, -0.15) is 13.2 Å². The number of oxazole rings is 1. The maximum Gasteiger partial charge on any atom is 0.433 e. The number of carbonyl (C=O) groups is 1. The largest absolute Gasteiger partial charge is 0.482 e. The van der Waals surface area contributed by atoms with E-state index >= 15 is 0 Å². The molecule has 0 saturated carbocycles. The highest BCUT2D eigenvalue weighted by molar-refractivity contribution is 5.92. The number of halogens is 3. The molecule has 2 atom stereocenters. The minimum atomic E-state index is -4.52. The molecule has 10 heteroatoms. The molecule has 0 radical (unpaired) electrons. The number of aromatic nitrogens is 2. The molecule has 0 aliphatic carbocycles. The number of ether oxygens (including phenoxy) is 1. The highest BCUT2D eigenvalue weighted by Crippen LogP contribution is 2.28. The Bertz CT molecular complexity index is 760. The lowest BCUT2D eigenvalue weighted by atomic mass is 10.0. The summed E-state index contributed by atoms with van der Waals surface area (Å²) in [4.78, 5) is 20.8. The Morgan fingerprint density at radius 2 is 2.24 bits per heavy atom. The number of amides is 1. The van der Waals surface area contributed by atoms with Crippen LogP contribution in [0.3, 0.4) is 0 Å². The zero-order valence-corrected chi connectivity index (χ0v) is 13.0. The van der Waals surface area contributed by atoms with Crippen LogP contribution < -0.4 is 4.74 Å². The highest BCUT2D eigenvalue weighted by Gasteiger charge is 2.38. The van der Waals surface area contributed by atoms with Gasteiger partial charge in [0.15, 0.2) is 12.3 Å². The van der Waals surface area contributed by atoms with E-state index in [0.29, 0.717) is 0 Å². The molecule has 1 aliphatic rings. The fourth-order valence-corrected chi connectivity index (χ4v) is 2.26. The number of hydrogen-bond donors (Lipinski definition) is 1. The van der Waals surface area contributed by atoms with Crippen LogP contribution in [0.5, 0.6) is 5.75 Å². The van der Waals surface area contributed by atoms with E-state index < -0.39 is 18.0 Å². The van der Waals surface area contributed by atoms with Crippen molar-refractivity contribution in [3.63, 3.8) is 0 Å². The van der Waals surface area contributed by atoms with Crippen molar-refractivity contribution in [1.82, 2.24) is 14.9 Å². The van der Waals surface area contributed by atoms with Crippen molar-refractivity contribution in [1.29, 1.82) is 0 Å². The van der Waals surface area contributed by atoms with Gasteiger partial charge < -0.3 is 19.2 Å². The van der Waals surface area contributed by atoms with Gasteiger partial charge in [0, 0.05) is 6.54 Å². The van der Waals surface area contributed by atoms with Crippen LogP contribution in [0, 0.1) is 0 Å². The average Bonchev–Trinajstić information content (AvgIpc) is 3.05. The Hall–Kier alpha value is -2.62. The molecule has 0 unspecified atom stereocenters. The normalized spacial score (nSPS) is 20.3. The molecule has 1 fully saturated rings. The predicted molar refractivity (Wildman–Crippen MR) is 76.6 cm³/mol. The number of pyridine rings is 1. The fraction of sp³-hybridized carbons (Fsp3) is 0.400. The molecule has 1 aliphatic heterocycles. The minimum Gasteiger partial charge on any atom is -0.482 e. The van der Waals surface area contributed by atoms with E-state index in [0.717, 1.165) is 18.3 Å². The summed E-state index contributed by atoms with van der Waals surface area (Å²) >= 11 is 0. The monoisotopic (exact) mass is 357 g/mol. The van der Waals surface area contributed by atoms with Crippen molar-refractivity contribution in [2.24, 2.45) is 0 Å². The minimum absolute atomic E-state index is 0.0721. The van der Waals surface area contributed by atoms with Gasteiger partial charge in [-0.25, -0.2) is 9.97 Å². The number of nitrogens with zero attached hydrogens (tertiary/aromatic N) is 3. The SMILES string of the molecule is C[C@H]1[C@@H](O)CN1C(=O)c1coc(COc2ccc(C(F)(F)F)nc2)n1. The van der Waals surface area contributed by atoms with E-state index in [4.69, 9.17) is 9.15 Å². The summed E-state index contributed by atoms with van der Waals surface area (Å²) in [5.74, 6) is -0.167. The number of likely N-dealkylation sites (tertiary alicyclic amines) is 1. The molecule has 2 aromatic rings. The summed E-state index contributed by atoms with van der Waals surface area (Å²) in [6.07, 6.45) is -2.95. The molecule has 3 heterocycles. The lowest BCUT2D eigenvalue weighted by Crippen LogP contribution is -2.60. The van der Waals surface area contributed by atoms with Gasteiger partial charge in [0.05, 0.1) is 18.3 Å². The van der Waals surface area contributed by atoms with Crippen LogP contribution in [0.4, 0.5) is 13.2 Å². The van der Waals surface area contributed by atoms with Crippen molar-refractivity contribution in [3.8, 4) is 5.75 Å². The number of aliphatic hydroxyl groups excluding tert-OH is 1. The Morgan fingerprint density at radius 3 is 2.80 bits per heavy atom. The van der Waals surface area contributed by atoms with Gasteiger partial charge in [0.1, 0.15) is 17.7 Å². The van der Waals surface area contributed by atoms with Gasteiger partial charge >= 0.3 is 6.18 Å². The summed E-state index contributed by atoms with van der Waals surface area (Å²) in [6.45, 7) is 1.78. The van der Waals surface area contributed by atoms with E-state index in [9.17, 15) is 23.1 Å². The second-order valence-electron chi connectivity index (χ2n) is 5.56. The molecule has 1 saturated heterocycles. The smallest absolute Gasteiger partial charge is 0.433 e. The Labute approximate surface area is 140 Å². The topological polar surface area (TPSA) is 88.7 Å². The molecular formula is C15H14F3N3O4. The number of rotatable bonds is 4. The van der Waals surface area contributed by atoms with Gasteiger partial charge in [0.25, 0.3) is 5.91 Å². The third kappa shape index (κ3) is 3.58. The van der Waals surface area contributed by atoms with Gasteiger partial charge in [-0.15, -0.1) is 0 Å². The van der Waals surface area contributed by atoms with Crippen molar-refractivity contribution in [2.75, 3.05) is 6.54 Å². The lowest BCUT2D eigenvalue weighted by Gasteiger charge is -2.42. The molecule has 134 valence electrons. The Kier molecular flexibility index (Phi) is 4.38. The molecule has 25 heavy (non-hydrogen) atoms. The maximum atomic E-state index is 12.4. The predicted octanol–water partition coefficient (Wildman–Crippen LogP) is 1.87. The molecule has 1 amide bonds. The van der Waals surface area contributed by atoms with Crippen molar-refractivity contribution in [3.05, 3.63) is 41.9 Å². The molecule has 7 nitrogen and oxygen atoms in total. The highest BCUT2D eigenvalue weighted by atomic mass is 19.4. The van der Waals surface area contributed by atoms with Crippen LogP contribution in [0.25, 0.3) is 0 Å². The first kappa shape index (κ1) is 17.2. The summed E-state index contributed by atoms with van der Waals surface area (Å²) in [5.41, 5.74) is -0.947. The number of carbonyl (C=O) groups excluding carboxylic acids is 1. The molecule has 2 aromatic heterocycles. The fourth-order valence-electron chi connectivity index (χ4n) is 2.26. The second kappa shape index (κ2) is 6.36. The third-order valence-electron chi connectivity index (χ3n) is 3.85. The van der Waals surface area contributed by atoms with E-state index in [1.807, 2.05) is 0 Å². The molecule has 3 rings (SSSR count). The van der Waals surface area contributed by atoms with Crippen LogP contribution in [0.15, 0.2) is 29.0 Å². The lowest BCUT2D eigenvalue weighted by molar-refractivity contribution is -0.141. The van der Waals surface area contributed by atoms with Crippen LogP contribution in [0.1, 0.15) is 29.0 Å². The summed E-state index contributed by atoms with van der Waals surface area (Å²) < 4.78 is 47.6. The standard InChI is InChI=1S/C15H14F3N3O4/c1-8-11(22)5-21(8)14(23)10-6-25-13(20-10)7-24-9-2-3-12(19-4-9)15(16,17)18/h2-4,6,8,11,22H,5,7H2,1H3/t8-,11-/m0/s1. The van der Waals surface area contributed by atoms with Crippen LogP contribution >= 0.6 is 0 Å². The first-order valence-corrected chi connectivity index (χ1v) is 7.35. The third-order valence-corrected chi connectivity index (χ3v) is 3.85.